The first-order valence-corrected chi connectivity index (χ1v) is 7.11. The van der Waals surface area contributed by atoms with Crippen molar-refractivity contribution in [3.8, 4) is 5.75 Å². The third kappa shape index (κ3) is 6.06. The molecule has 0 spiro atoms. The Morgan fingerprint density at radius 2 is 1.89 bits per heavy atom. The van der Waals surface area contributed by atoms with Crippen LogP contribution >= 0.6 is 0 Å². The Bertz CT molecular complexity index is 299. The van der Waals surface area contributed by atoms with Crippen molar-refractivity contribution in [3.63, 3.8) is 0 Å². The van der Waals surface area contributed by atoms with E-state index in [1.165, 1.54) is 19.3 Å². The first-order valence-electron chi connectivity index (χ1n) is 7.11. The highest BCUT2D eigenvalue weighted by molar-refractivity contribution is 5.20. The lowest BCUT2D eigenvalue weighted by atomic mass is 9.96. The normalized spacial score (nSPS) is 14.2. The van der Waals surface area contributed by atoms with Crippen LogP contribution in [-0.2, 0) is 0 Å². The summed E-state index contributed by atoms with van der Waals surface area (Å²) in [7, 11) is 2.05. The van der Waals surface area contributed by atoms with Crippen LogP contribution < -0.4 is 10.1 Å². The molecule has 0 bridgehead atoms. The Morgan fingerprint density at radius 1 is 1.17 bits per heavy atom. The number of hydrogen-bond donors (Lipinski definition) is 1. The second-order valence-corrected chi connectivity index (χ2v) is 5.07. The summed E-state index contributed by atoms with van der Waals surface area (Å²) in [6, 6.07) is 10.6. The topological polar surface area (TPSA) is 21.3 Å². The molecule has 18 heavy (non-hydrogen) atoms. The first-order chi connectivity index (χ1) is 8.76. The van der Waals surface area contributed by atoms with Crippen molar-refractivity contribution in [3.05, 3.63) is 30.3 Å². The Labute approximate surface area is 112 Å². The molecule has 1 rings (SSSR count). The Kier molecular flexibility index (Phi) is 7.51. The highest BCUT2D eigenvalue weighted by Gasteiger charge is 2.11. The molecule has 2 nitrogen and oxygen atoms in total. The van der Waals surface area contributed by atoms with Gasteiger partial charge < -0.3 is 10.1 Å². The lowest BCUT2D eigenvalue weighted by Crippen LogP contribution is -2.29. The van der Waals surface area contributed by atoms with E-state index < -0.39 is 0 Å². The molecule has 0 aliphatic carbocycles. The summed E-state index contributed by atoms with van der Waals surface area (Å²) in [5.41, 5.74) is 0. The van der Waals surface area contributed by atoms with Crippen LogP contribution in [-0.4, -0.2) is 19.7 Å². The molecule has 0 aliphatic heterocycles. The number of rotatable bonds is 9. The van der Waals surface area contributed by atoms with Crippen LogP contribution in [0.1, 0.15) is 39.5 Å². The van der Waals surface area contributed by atoms with Crippen molar-refractivity contribution in [2.24, 2.45) is 5.92 Å². The molecular formula is C16H27NO. The van der Waals surface area contributed by atoms with Crippen LogP contribution in [0.2, 0.25) is 0 Å². The molecule has 0 fully saturated rings. The molecular weight excluding hydrogens is 222 g/mol. The van der Waals surface area contributed by atoms with Crippen LogP contribution in [0, 0.1) is 5.92 Å². The third-order valence-corrected chi connectivity index (χ3v) is 3.35. The van der Waals surface area contributed by atoms with Gasteiger partial charge in [0.2, 0.25) is 0 Å². The van der Waals surface area contributed by atoms with Crippen LogP contribution in [0.5, 0.6) is 5.75 Å². The number of nitrogens with one attached hydrogen (secondary N) is 1. The molecule has 0 aromatic heterocycles. The van der Waals surface area contributed by atoms with Gasteiger partial charge in [0.1, 0.15) is 5.75 Å². The van der Waals surface area contributed by atoms with Crippen molar-refractivity contribution < 1.29 is 4.74 Å². The molecule has 2 unspecified atom stereocenters. The van der Waals surface area contributed by atoms with E-state index in [1.807, 2.05) is 37.4 Å². The summed E-state index contributed by atoms with van der Waals surface area (Å²) in [5.74, 6) is 1.76. The molecule has 2 atom stereocenters. The van der Waals surface area contributed by atoms with Crippen molar-refractivity contribution in [1.29, 1.82) is 0 Å². The molecule has 0 amide bonds. The van der Waals surface area contributed by atoms with Gasteiger partial charge in [-0.05, 0) is 37.9 Å². The molecule has 0 aliphatic rings. The number of hydrogen-bond acceptors (Lipinski definition) is 2. The highest BCUT2D eigenvalue weighted by atomic mass is 16.5. The van der Waals surface area contributed by atoms with Gasteiger partial charge in [0, 0.05) is 6.04 Å². The fraction of sp³-hybridized carbons (Fsp3) is 0.625. The SMILES string of the molecule is CCCC(C)CC(CCOc1ccccc1)NC. The summed E-state index contributed by atoms with van der Waals surface area (Å²) in [4.78, 5) is 0. The van der Waals surface area contributed by atoms with Gasteiger partial charge in [-0.15, -0.1) is 0 Å². The largest absolute Gasteiger partial charge is 0.494 e. The molecule has 102 valence electrons. The monoisotopic (exact) mass is 249 g/mol. The Morgan fingerprint density at radius 3 is 2.50 bits per heavy atom. The zero-order valence-electron chi connectivity index (χ0n) is 12.0. The average molecular weight is 249 g/mol. The highest BCUT2D eigenvalue weighted by Crippen LogP contribution is 2.15. The fourth-order valence-corrected chi connectivity index (χ4v) is 2.31. The van der Waals surface area contributed by atoms with Crippen molar-refractivity contribution in [2.75, 3.05) is 13.7 Å². The van der Waals surface area contributed by atoms with Crippen LogP contribution in [0.3, 0.4) is 0 Å². The standard InChI is InChI=1S/C16H27NO/c1-4-8-14(2)13-15(17-3)11-12-18-16-9-6-5-7-10-16/h5-7,9-10,14-15,17H,4,8,11-13H2,1-3H3. The molecule has 0 radical (unpaired) electrons. The molecule has 1 aromatic carbocycles. The Balaban J connectivity index is 2.23. The fourth-order valence-electron chi connectivity index (χ4n) is 2.31. The smallest absolute Gasteiger partial charge is 0.119 e. The van der Waals surface area contributed by atoms with E-state index in [4.69, 9.17) is 4.74 Å². The van der Waals surface area contributed by atoms with Crippen LogP contribution in [0.25, 0.3) is 0 Å². The van der Waals surface area contributed by atoms with E-state index in [1.54, 1.807) is 0 Å². The average Bonchev–Trinajstić information content (AvgIpc) is 2.39. The molecule has 0 saturated carbocycles. The van der Waals surface area contributed by atoms with Crippen LogP contribution in [0.15, 0.2) is 30.3 Å². The van der Waals surface area contributed by atoms with Gasteiger partial charge in [-0.2, -0.15) is 0 Å². The number of benzene rings is 1. The van der Waals surface area contributed by atoms with E-state index in [0.717, 1.165) is 24.7 Å². The molecule has 0 heterocycles. The van der Waals surface area contributed by atoms with Crippen molar-refractivity contribution in [2.45, 2.75) is 45.6 Å². The van der Waals surface area contributed by atoms with Gasteiger partial charge >= 0.3 is 0 Å². The third-order valence-electron chi connectivity index (χ3n) is 3.35. The summed E-state index contributed by atoms with van der Waals surface area (Å²) in [6.45, 7) is 5.38. The molecule has 1 N–H and O–H groups in total. The van der Waals surface area contributed by atoms with E-state index in [2.05, 4.69) is 19.2 Å². The predicted molar refractivity (Wildman–Crippen MR) is 78.1 cm³/mol. The van der Waals surface area contributed by atoms with E-state index in [-0.39, 0.29) is 0 Å². The predicted octanol–water partition coefficient (Wildman–Crippen LogP) is 3.87. The van der Waals surface area contributed by atoms with Crippen molar-refractivity contribution >= 4 is 0 Å². The van der Waals surface area contributed by atoms with E-state index >= 15 is 0 Å². The summed E-state index contributed by atoms with van der Waals surface area (Å²) in [5, 5.41) is 3.40. The minimum atomic E-state index is 0.565. The van der Waals surface area contributed by atoms with E-state index in [0.29, 0.717) is 6.04 Å². The lowest BCUT2D eigenvalue weighted by Gasteiger charge is -2.20. The zero-order valence-corrected chi connectivity index (χ0v) is 12.0. The van der Waals surface area contributed by atoms with Gasteiger partial charge in [0.15, 0.2) is 0 Å². The minimum absolute atomic E-state index is 0.565. The Hall–Kier alpha value is -1.02. The quantitative estimate of drug-likeness (QED) is 0.717. The van der Waals surface area contributed by atoms with Crippen molar-refractivity contribution in [1.82, 2.24) is 5.32 Å². The lowest BCUT2D eigenvalue weighted by molar-refractivity contribution is 0.272. The second-order valence-electron chi connectivity index (χ2n) is 5.07. The zero-order chi connectivity index (χ0) is 13.2. The number of ether oxygens (including phenoxy) is 1. The minimum Gasteiger partial charge on any atom is -0.494 e. The van der Waals surface area contributed by atoms with Gasteiger partial charge in [-0.25, -0.2) is 0 Å². The van der Waals surface area contributed by atoms with Gasteiger partial charge in [-0.1, -0.05) is 44.9 Å². The van der Waals surface area contributed by atoms with Crippen LogP contribution in [0.4, 0.5) is 0 Å². The second kappa shape index (κ2) is 8.98. The van der Waals surface area contributed by atoms with E-state index in [9.17, 15) is 0 Å². The maximum Gasteiger partial charge on any atom is 0.119 e. The van der Waals surface area contributed by atoms with Gasteiger partial charge in [-0.3, -0.25) is 0 Å². The van der Waals surface area contributed by atoms with Gasteiger partial charge in [0.25, 0.3) is 0 Å². The number of para-hydroxylation sites is 1. The summed E-state index contributed by atoms with van der Waals surface area (Å²) < 4.78 is 5.74. The summed E-state index contributed by atoms with van der Waals surface area (Å²) in [6.07, 6.45) is 4.90. The summed E-state index contributed by atoms with van der Waals surface area (Å²) >= 11 is 0. The molecule has 0 saturated heterocycles. The maximum atomic E-state index is 5.74. The molecule has 2 heteroatoms. The molecule has 1 aromatic rings. The maximum absolute atomic E-state index is 5.74. The first kappa shape index (κ1) is 15.0. The van der Waals surface area contributed by atoms with Gasteiger partial charge in [0.05, 0.1) is 6.61 Å².